The molecule has 2 amide bonds. The van der Waals surface area contributed by atoms with Gasteiger partial charge >= 0.3 is 0 Å². The van der Waals surface area contributed by atoms with Crippen LogP contribution in [0.3, 0.4) is 0 Å². The van der Waals surface area contributed by atoms with E-state index < -0.39 is 22.0 Å². The fraction of sp³-hybridized carbons (Fsp3) is 0.500. The average Bonchev–Trinajstić information content (AvgIpc) is 2.91. The van der Waals surface area contributed by atoms with Crippen molar-refractivity contribution < 1.29 is 22.7 Å². The number of sulfonamides is 1. The van der Waals surface area contributed by atoms with Crippen LogP contribution in [0.5, 0.6) is 5.75 Å². The van der Waals surface area contributed by atoms with Crippen LogP contribution in [-0.2, 0) is 26.2 Å². The van der Waals surface area contributed by atoms with Gasteiger partial charge < -0.3 is 20.3 Å². The summed E-state index contributed by atoms with van der Waals surface area (Å²) < 4.78 is 33.8. The Morgan fingerprint density at radius 3 is 2.56 bits per heavy atom. The van der Waals surface area contributed by atoms with E-state index in [0.717, 1.165) is 53.9 Å². The van der Waals surface area contributed by atoms with Crippen LogP contribution in [0.15, 0.2) is 47.4 Å². The Balaban J connectivity index is 1.26. The lowest BCUT2D eigenvalue weighted by Crippen LogP contribution is -2.58. The van der Waals surface area contributed by atoms with Gasteiger partial charge in [-0.2, -0.15) is 4.31 Å². The number of piperazine rings is 2. The average molecular weight is 556 g/mol. The predicted molar refractivity (Wildman–Crippen MR) is 147 cm³/mol. The van der Waals surface area contributed by atoms with Crippen molar-refractivity contribution in [2.24, 2.45) is 0 Å². The number of likely N-dealkylation sites (N-methyl/N-ethyl adjacent to an activating group) is 1. The smallest absolute Gasteiger partial charge is 0.243 e. The van der Waals surface area contributed by atoms with Crippen molar-refractivity contribution in [2.45, 2.75) is 43.3 Å². The number of aryl methyl sites for hydroxylation is 1. The number of rotatable bonds is 7. The van der Waals surface area contributed by atoms with Gasteiger partial charge in [-0.3, -0.25) is 14.5 Å². The topological polar surface area (TPSA) is 111 Å². The number of nitrogens with one attached hydrogen (secondary N) is 2. The molecule has 2 N–H and O–H groups in total. The number of benzene rings is 2. The van der Waals surface area contributed by atoms with Crippen LogP contribution in [0, 0.1) is 6.92 Å². The number of ether oxygens (including phenoxy) is 1. The number of amides is 2. The molecule has 0 saturated carbocycles. The van der Waals surface area contributed by atoms with Crippen molar-refractivity contribution in [2.75, 3.05) is 52.9 Å². The number of hydrogen-bond donors (Lipinski definition) is 2. The van der Waals surface area contributed by atoms with E-state index >= 15 is 0 Å². The summed E-state index contributed by atoms with van der Waals surface area (Å²) in [4.78, 5) is 30.8. The molecule has 3 aliphatic rings. The molecule has 3 aliphatic heterocycles. The van der Waals surface area contributed by atoms with E-state index in [0.29, 0.717) is 13.0 Å². The molecule has 11 heteroatoms. The fourth-order valence-electron chi connectivity index (χ4n) is 5.40. The molecule has 0 radical (unpaired) electrons. The summed E-state index contributed by atoms with van der Waals surface area (Å²) in [5.41, 5.74) is 3.00. The molecule has 0 spiro atoms. The molecule has 3 heterocycles. The van der Waals surface area contributed by atoms with Crippen molar-refractivity contribution in [3.63, 3.8) is 0 Å². The van der Waals surface area contributed by atoms with Crippen molar-refractivity contribution in [1.82, 2.24) is 24.7 Å². The zero-order valence-corrected chi connectivity index (χ0v) is 23.4. The molecular formula is C28H37N5O5S. The molecule has 2 aromatic rings. The van der Waals surface area contributed by atoms with E-state index in [9.17, 15) is 18.0 Å². The molecule has 210 valence electrons. The summed E-state index contributed by atoms with van der Waals surface area (Å²) in [6, 6.07) is 11.3. The van der Waals surface area contributed by atoms with Crippen LogP contribution >= 0.6 is 0 Å². The maximum atomic E-state index is 13.4. The van der Waals surface area contributed by atoms with Gasteiger partial charge in [0.05, 0.1) is 24.0 Å². The highest BCUT2D eigenvalue weighted by Crippen LogP contribution is 2.33. The Morgan fingerprint density at radius 2 is 1.82 bits per heavy atom. The first kappa shape index (κ1) is 27.6. The van der Waals surface area contributed by atoms with Gasteiger partial charge in [-0.1, -0.05) is 29.8 Å². The maximum Gasteiger partial charge on any atom is 0.243 e. The minimum Gasteiger partial charge on any atom is -0.493 e. The lowest BCUT2D eigenvalue weighted by molar-refractivity contribution is -0.132. The van der Waals surface area contributed by atoms with E-state index in [2.05, 4.69) is 39.6 Å². The van der Waals surface area contributed by atoms with Crippen molar-refractivity contribution in [1.29, 1.82) is 0 Å². The molecule has 0 aliphatic carbocycles. The third kappa shape index (κ3) is 6.27. The van der Waals surface area contributed by atoms with E-state index in [1.54, 1.807) is 12.1 Å². The third-order valence-electron chi connectivity index (χ3n) is 7.74. The van der Waals surface area contributed by atoms with Crippen LogP contribution in [0.2, 0.25) is 0 Å². The minimum absolute atomic E-state index is 0.107. The van der Waals surface area contributed by atoms with Gasteiger partial charge in [0.2, 0.25) is 21.8 Å². The molecule has 5 rings (SSSR count). The van der Waals surface area contributed by atoms with Crippen molar-refractivity contribution in [3.05, 3.63) is 59.2 Å². The highest BCUT2D eigenvalue weighted by Gasteiger charge is 2.40. The Bertz CT molecular complexity index is 1310. The van der Waals surface area contributed by atoms with Gasteiger partial charge in [0.25, 0.3) is 0 Å². The minimum atomic E-state index is -3.94. The molecule has 2 fully saturated rings. The summed E-state index contributed by atoms with van der Waals surface area (Å²) in [6.45, 7) is 7.66. The Hall–Kier alpha value is -2.99. The first-order valence-electron chi connectivity index (χ1n) is 13.5. The van der Waals surface area contributed by atoms with Gasteiger partial charge in [-0.15, -0.1) is 0 Å². The lowest BCUT2D eigenvalue weighted by Gasteiger charge is -2.34. The monoisotopic (exact) mass is 555 g/mol. The molecule has 0 unspecified atom stereocenters. The van der Waals surface area contributed by atoms with E-state index in [-0.39, 0.29) is 36.4 Å². The van der Waals surface area contributed by atoms with Crippen LogP contribution in [0.25, 0.3) is 0 Å². The molecular weight excluding hydrogens is 518 g/mol. The second-order valence-corrected chi connectivity index (χ2v) is 12.5. The van der Waals surface area contributed by atoms with Gasteiger partial charge in [0.1, 0.15) is 11.8 Å². The Kier molecular flexibility index (Phi) is 8.22. The molecule has 0 aromatic heterocycles. The number of carbonyl (C=O) groups is 2. The lowest BCUT2D eigenvalue weighted by atomic mass is 9.98. The largest absolute Gasteiger partial charge is 0.493 e. The predicted octanol–water partition coefficient (Wildman–Crippen LogP) is 1.26. The summed E-state index contributed by atoms with van der Waals surface area (Å²) in [5, 5.41) is 5.74. The third-order valence-corrected chi connectivity index (χ3v) is 9.67. The quantitative estimate of drug-likeness (QED) is 0.529. The van der Waals surface area contributed by atoms with Crippen LogP contribution in [0.1, 0.15) is 35.6 Å². The summed E-state index contributed by atoms with van der Waals surface area (Å²) >= 11 is 0. The standard InChI is InChI=1S/C28H37N5O5S/c1-20-3-6-22(7-4-20)39(36,37)33-11-10-29-28(35)25(33)18-27(34)30-24-9-16-38-26-17-21(5-8-23(24)26)19-32-14-12-31(2)13-15-32/h3-8,17,24-25H,9-16,18-19H2,1-2H3,(H,29,35)(H,30,34)/t24-,25-/m1/s1. The molecule has 10 nitrogen and oxygen atoms in total. The SMILES string of the molecule is Cc1ccc(S(=O)(=O)N2CCNC(=O)[C@H]2CC(=O)N[C@@H]2CCOc3cc(CN4CCN(C)CC4)ccc32)cc1. The maximum absolute atomic E-state index is 13.4. The number of hydrogen-bond acceptors (Lipinski definition) is 7. The van der Waals surface area contributed by atoms with Crippen molar-refractivity contribution >= 4 is 21.8 Å². The first-order valence-corrected chi connectivity index (χ1v) is 15.0. The van der Waals surface area contributed by atoms with Gasteiger partial charge in [0, 0.05) is 57.8 Å². The van der Waals surface area contributed by atoms with Crippen molar-refractivity contribution in [3.8, 4) is 5.75 Å². The fourth-order valence-corrected chi connectivity index (χ4v) is 6.98. The number of fused-ring (bicyclic) bond motifs is 1. The Morgan fingerprint density at radius 1 is 1.08 bits per heavy atom. The van der Waals surface area contributed by atoms with E-state index in [1.165, 1.54) is 17.7 Å². The highest BCUT2D eigenvalue weighted by atomic mass is 32.2. The van der Waals surface area contributed by atoms with Crippen LogP contribution < -0.4 is 15.4 Å². The molecule has 0 bridgehead atoms. The highest BCUT2D eigenvalue weighted by molar-refractivity contribution is 7.89. The normalized spacial score (nSPS) is 23.0. The zero-order valence-electron chi connectivity index (χ0n) is 22.6. The summed E-state index contributed by atoms with van der Waals surface area (Å²) in [5.74, 6) is -0.0781. The summed E-state index contributed by atoms with van der Waals surface area (Å²) in [7, 11) is -1.80. The van der Waals surface area contributed by atoms with Gasteiger partial charge in [-0.25, -0.2) is 8.42 Å². The van der Waals surface area contributed by atoms with Gasteiger partial charge in [0.15, 0.2) is 0 Å². The zero-order chi connectivity index (χ0) is 27.6. The number of carbonyl (C=O) groups excluding carboxylic acids is 2. The van der Waals surface area contributed by atoms with E-state index in [4.69, 9.17) is 4.74 Å². The van der Waals surface area contributed by atoms with Gasteiger partial charge in [-0.05, 0) is 37.7 Å². The van der Waals surface area contributed by atoms with Crippen LogP contribution in [0.4, 0.5) is 0 Å². The second-order valence-electron chi connectivity index (χ2n) is 10.6. The summed E-state index contributed by atoms with van der Waals surface area (Å²) in [6.07, 6.45) is 0.337. The van der Waals surface area contributed by atoms with E-state index in [1.807, 2.05) is 13.0 Å². The Labute approximate surface area is 230 Å². The molecule has 39 heavy (non-hydrogen) atoms. The number of nitrogens with zero attached hydrogens (tertiary/aromatic N) is 3. The molecule has 2 saturated heterocycles. The second kappa shape index (κ2) is 11.6. The molecule has 2 aromatic carbocycles. The first-order chi connectivity index (χ1) is 18.7. The van der Waals surface area contributed by atoms with Crippen LogP contribution in [-0.4, -0.2) is 93.3 Å². The molecule has 2 atom stereocenters.